The van der Waals surface area contributed by atoms with Crippen LogP contribution in [-0.2, 0) is 25.7 Å². The Kier molecular flexibility index (Phi) is 7.71. The summed E-state index contributed by atoms with van der Waals surface area (Å²) in [5.74, 6) is 0.759. The summed E-state index contributed by atoms with van der Waals surface area (Å²) in [6, 6.07) is 4.84. The molecule has 0 radical (unpaired) electrons. The van der Waals surface area contributed by atoms with E-state index in [1.165, 1.54) is 12.0 Å². The van der Waals surface area contributed by atoms with Gasteiger partial charge >= 0.3 is 5.97 Å². The number of rotatable bonds is 10. The van der Waals surface area contributed by atoms with Gasteiger partial charge in [0.1, 0.15) is 17.8 Å². The van der Waals surface area contributed by atoms with Gasteiger partial charge in [0.2, 0.25) is 17.8 Å². The second kappa shape index (κ2) is 10.5. The predicted octanol–water partition coefficient (Wildman–Crippen LogP) is 2.36. The van der Waals surface area contributed by atoms with Crippen LogP contribution in [0, 0.1) is 0 Å². The molecule has 0 bridgehead atoms. The fraction of sp³-hybridized carbons (Fsp3) is 0.565. The molecular formula is C23H32N4O5. The Morgan fingerprint density at radius 1 is 1.34 bits per heavy atom. The molecule has 2 heterocycles. The first-order valence-electron chi connectivity index (χ1n) is 11.1. The molecule has 3 rings (SSSR count). The summed E-state index contributed by atoms with van der Waals surface area (Å²) in [5.41, 5.74) is 1.80. The first-order chi connectivity index (χ1) is 15.3. The quantitative estimate of drug-likeness (QED) is 0.439. The third kappa shape index (κ3) is 5.20. The average Bonchev–Trinajstić information content (AvgIpc) is 3.07. The number of aliphatic imine (C=N–C) groups is 1. The largest absolute Gasteiger partial charge is 0.494 e. The molecule has 1 aromatic rings. The summed E-state index contributed by atoms with van der Waals surface area (Å²) in [4.78, 5) is 44.4. The van der Waals surface area contributed by atoms with E-state index in [1.807, 2.05) is 36.9 Å². The van der Waals surface area contributed by atoms with Crippen molar-refractivity contribution in [2.24, 2.45) is 4.99 Å². The van der Waals surface area contributed by atoms with E-state index in [4.69, 9.17) is 9.47 Å². The van der Waals surface area contributed by atoms with Gasteiger partial charge in [-0.05, 0) is 38.0 Å². The van der Waals surface area contributed by atoms with Crippen molar-refractivity contribution in [2.45, 2.75) is 64.6 Å². The lowest BCUT2D eigenvalue weighted by atomic mass is 10.1. The van der Waals surface area contributed by atoms with Crippen LogP contribution in [0.25, 0.3) is 0 Å². The van der Waals surface area contributed by atoms with Crippen LogP contribution in [0.2, 0.25) is 0 Å². The van der Waals surface area contributed by atoms with Gasteiger partial charge in [0.05, 0.1) is 19.4 Å². The first-order valence-corrected chi connectivity index (χ1v) is 11.1. The van der Waals surface area contributed by atoms with Crippen molar-refractivity contribution < 1.29 is 23.9 Å². The van der Waals surface area contributed by atoms with Crippen LogP contribution in [0.4, 0.5) is 5.69 Å². The summed E-state index contributed by atoms with van der Waals surface area (Å²) in [6.07, 6.45) is 3.21. The molecule has 0 saturated carbocycles. The van der Waals surface area contributed by atoms with Crippen molar-refractivity contribution in [1.82, 2.24) is 15.1 Å². The number of carbonyl (C=O) groups excluding carboxylic acids is 3. The van der Waals surface area contributed by atoms with Crippen LogP contribution >= 0.6 is 0 Å². The second-order valence-corrected chi connectivity index (χ2v) is 8.16. The van der Waals surface area contributed by atoms with Crippen LogP contribution < -0.4 is 10.1 Å². The summed E-state index contributed by atoms with van der Waals surface area (Å²) < 4.78 is 10.7. The third-order valence-corrected chi connectivity index (χ3v) is 5.94. The Labute approximate surface area is 188 Å². The maximum absolute atomic E-state index is 12.5. The van der Waals surface area contributed by atoms with Crippen LogP contribution in [0.1, 0.15) is 51.5 Å². The van der Waals surface area contributed by atoms with Crippen LogP contribution in [0.3, 0.4) is 0 Å². The smallest absolute Gasteiger partial charge is 0.328 e. The molecule has 9 nitrogen and oxygen atoms in total. The molecule has 2 atom stereocenters. The molecule has 174 valence electrons. The van der Waals surface area contributed by atoms with E-state index in [0.717, 1.165) is 24.1 Å². The van der Waals surface area contributed by atoms with Gasteiger partial charge < -0.3 is 19.3 Å². The van der Waals surface area contributed by atoms with E-state index in [9.17, 15) is 14.4 Å². The fourth-order valence-electron chi connectivity index (χ4n) is 3.87. The minimum Gasteiger partial charge on any atom is -0.494 e. The van der Waals surface area contributed by atoms with Gasteiger partial charge in [-0.25, -0.2) is 9.79 Å². The molecule has 2 aliphatic heterocycles. The number of hydrogen-bond acceptors (Lipinski definition) is 7. The number of nitrogens with zero attached hydrogens (tertiary/aromatic N) is 3. The van der Waals surface area contributed by atoms with Crippen molar-refractivity contribution in [3.05, 3.63) is 23.8 Å². The molecule has 2 aliphatic rings. The zero-order chi connectivity index (χ0) is 23.3. The Bertz CT molecular complexity index is 900. The lowest BCUT2D eigenvalue weighted by molar-refractivity contribution is -0.152. The van der Waals surface area contributed by atoms with E-state index < -0.39 is 6.04 Å². The SMILES string of the molecule is CCCCC(C(=O)OC)N(C)C(=O)CCCOc1ccc2c(c1)CN1C(=N2)NC(=O)C1C. The monoisotopic (exact) mass is 444 g/mol. The van der Waals surface area contributed by atoms with Crippen molar-refractivity contribution in [1.29, 1.82) is 0 Å². The maximum atomic E-state index is 12.5. The molecule has 0 aromatic heterocycles. The number of unbranched alkanes of at least 4 members (excludes halogenated alkanes) is 1. The standard InChI is InChI=1S/C23H32N4O5/c1-5-6-8-19(22(30)31-4)26(3)20(28)9-7-12-32-17-10-11-18-16(13-17)14-27-15(2)21(29)25-23(27)24-18/h10-11,13,15,19H,5-9,12,14H2,1-4H3,(H,24,25,29). The second-order valence-electron chi connectivity index (χ2n) is 8.16. The third-order valence-electron chi connectivity index (χ3n) is 5.94. The highest BCUT2D eigenvalue weighted by Crippen LogP contribution is 2.31. The minimum absolute atomic E-state index is 0.0493. The van der Waals surface area contributed by atoms with E-state index in [1.54, 1.807) is 7.05 Å². The number of nitrogens with one attached hydrogen (secondary N) is 1. The normalized spacial score (nSPS) is 17.6. The molecule has 1 N–H and O–H groups in total. The van der Waals surface area contributed by atoms with Crippen LogP contribution in [0.5, 0.6) is 5.75 Å². The van der Waals surface area contributed by atoms with Crippen molar-refractivity contribution in [3.8, 4) is 5.75 Å². The number of esters is 1. The molecule has 1 fully saturated rings. The maximum Gasteiger partial charge on any atom is 0.328 e. The van der Waals surface area contributed by atoms with Gasteiger partial charge in [-0.2, -0.15) is 0 Å². The van der Waals surface area contributed by atoms with Crippen molar-refractivity contribution in [2.75, 3.05) is 20.8 Å². The van der Waals surface area contributed by atoms with Gasteiger partial charge in [-0.1, -0.05) is 19.8 Å². The number of amides is 2. The number of carbonyl (C=O) groups is 3. The zero-order valence-electron chi connectivity index (χ0n) is 19.2. The molecule has 9 heteroatoms. The minimum atomic E-state index is -0.547. The molecular weight excluding hydrogens is 412 g/mol. The molecule has 2 unspecified atom stereocenters. The highest BCUT2D eigenvalue weighted by Gasteiger charge is 2.36. The van der Waals surface area contributed by atoms with Crippen LogP contribution in [0.15, 0.2) is 23.2 Å². The van der Waals surface area contributed by atoms with Gasteiger partial charge in [0.25, 0.3) is 0 Å². The Morgan fingerprint density at radius 2 is 2.12 bits per heavy atom. The highest BCUT2D eigenvalue weighted by atomic mass is 16.5. The molecule has 0 spiro atoms. The van der Waals surface area contributed by atoms with Gasteiger partial charge in [0.15, 0.2) is 0 Å². The molecule has 2 amide bonds. The number of likely N-dealkylation sites (N-methyl/N-ethyl adjacent to an activating group) is 1. The summed E-state index contributed by atoms with van der Waals surface area (Å²) in [7, 11) is 2.99. The van der Waals surface area contributed by atoms with Crippen LogP contribution in [-0.4, -0.2) is 66.4 Å². The van der Waals surface area contributed by atoms with Crippen molar-refractivity contribution in [3.63, 3.8) is 0 Å². The lowest BCUT2D eigenvalue weighted by Gasteiger charge is -2.26. The Balaban J connectivity index is 1.50. The van der Waals surface area contributed by atoms with Gasteiger partial charge in [0, 0.05) is 25.6 Å². The van der Waals surface area contributed by atoms with E-state index in [-0.39, 0.29) is 30.2 Å². The number of benzene rings is 1. The summed E-state index contributed by atoms with van der Waals surface area (Å²) >= 11 is 0. The van der Waals surface area contributed by atoms with E-state index in [0.29, 0.717) is 37.7 Å². The molecule has 0 aliphatic carbocycles. The number of fused-ring (bicyclic) bond motifs is 2. The topological polar surface area (TPSA) is 101 Å². The fourth-order valence-corrected chi connectivity index (χ4v) is 3.87. The predicted molar refractivity (Wildman–Crippen MR) is 120 cm³/mol. The lowest BCUT2D eigenvalue weighted by Crippen LogP contribution is -2.43. The number of methoxy groups -OCH3 is 1. The van der Waals surface area contributed by atoms with E-state index in [2.05, 4.69) is 10.3 Å². The first kappa shape index (κ1) is 23.6. The van der Waals surface area contributed by atoms with Gasteiger partial charge in [-0.3, -0.25) is 14.9 Å². The number of guanidine groups is 1. The number of hydrogen-bond donors (Lipinski definition) is 1. The summed E-state index contributed by atoms with van der Waals surface area (Å²) in [6.45, 7) is 4.86. The average molecular weight is 445 g/mol. The van der Waals surface area contributed by atoms with Crippen molar-refractivity contribution >= 4 is 29.4 Å². The molecule has 1 saturated heterocycles. The molecule has 1 aromatic carbocycles. The zero-order valence-corrected chi connectivity index (χ0v) is 19.2. The Morgan fingerprint density at radius 3 is 2.84 bits per heavy atom. The van der Waals surface area contributed by atoms with E-state index >= 15 is 0 Å². The summed E-state index contributed by atoms with van der Waals surface area (Å²) in [5, 5.41) is 2.79. The Hall–Kier alpha value is -3.10. The molecule has 32 heavy (non-hydrogen) atoms. The highest BCUT2D eigenvalue weighted by molar-refractivity contribution is 6.07. The number of ether oxygens (including phenoxy) is 2. The van der Waals surface area contributed by atoms with Gasteiger partial charge in [-0.15, -0.1) is 0 Å².